The molecule has 1 fully saturated rings. The number of benzene rings is 1. The average Bonchev–Trinajstić information content (AvgIpc) is 2.53. The van der Waals surface area contributed by atoms with E-state index in [4.69, 9.17) is 4.74 Å². The minimum Gasteiger partial charge on any atom is -0.385 e. The molecule has 0 amide bonds. The van der Waals surface area contributed by atoms with Crippen LogP contribution >= 0.6 is 0 Å². The Morgan fingerprint density at radius 2 is 2.10 bits per heavy atom. The minimum atomic E-state index is 0.215. The first kappa shape index (κ1) is 16.5. The molecular weight excluding hydrogens is 260 g/mol. The van der Waals surface area contributed by atoms with E-state index < -0.39 is 0 Å². The van der Waals surface area contributed by atoms with Crippen molar-refractivity contribution in [1.29, 1.82) is 0 Å². The van der Waals surface area contributed by atoms with Gasteiger partial charge >= 0.3 is 0 Å². The lowest BCUT2D eigenvalue weighted by atomic mass is 9.89. The quantitative estimate of drug-likeness (QED) is 0.870. The lowest BCUT2D eigenvalue weighted by molar-refractivity contribution is 0.0375. The van der Waals surface area contributed by atoms with E-state index in [-0.39, 0.29) is 5.54 Å². The third-order valence-corrected chi connectivity index (χ3v) is 4.92. The smallest absolute Gasteiger partial charge is 0.0477 e. The molecule has 0 saturated carbocycles. The molecule has 0 aromatic heterocycles. The summed E-state index contributed by atoms with van der Waals surface area (Å²) in [5, 5.41) is 3.76. The summed E-state index contributed by atoms with van der Waals surface area (Å²) in [5.41, 5.74) is 1.62. The number of hydrogen-bond acceptors (Lipinski definition) is 3. The van der Waals surface area contributed by atoms with Gasteiger partial charge in [-0.1, -0.05) is 37.3 Å². The Hall–Kier alpha value is -0.900. The van der Waals surface area contributed by atoms with Crippen LogP contribution in [0, 0.1) is 0 Å². The van der Waals surface area contributed by atoms with Crippen LogP contribution in [0.3, 0.4) is 0 Å². The van der Waals surface area contributed by atoms with E-state index in [9.17, 15) is 0 Å². The molecule has 2 rings (SSSR count). The monoisotopic (exact) mass is 290 g/mol. The Morgan fingerprint density at radius 1 is 1.38 bits per heavy atom. The van der Waals surface area contributed by atoms with Crippen molar-refractivity contribution in [3.8, 4) is 0 Å². The largest absolute Gasteiger partial charge is 0.385 e. The highest BCUT2D eigenvalue weighted by molar-refractivity contribution is 5.21. The number of nitrogens with zero attached hydrogens (tertiary/aromatic N) is 1. The van der Waals surface area contributed by atoms with Gasteiger partial charge in [0.1, 0.15) is 0 Å². The number of piperazine rings is 1. The van der Waals surface area contributed by atoms with E-state index >= 15 is 0 Å². The maximum Gasteiger partial charge on any atom is 0.0477 e. The zero-order chi connectivity index (χ0) is 15.3. The molecule has 0 bridgehead atoms. The van der Waals surface area contributed by atoms with E-state index in [0.29, 0.717) is 12.1 Å². The van der Waals surface area contributed by atoms with Gasteiger partial charge in [0.2, 0.25) is 0 Å². The fourth-order valence-corrected chi connectivity index (χ4v) is 3.17. The topological polar surface area (TPSA) is 24.5 Å². The normalized spacial score (nSPS) is 28.5. The van der Waals surface area contributed by atoms with Crippen LogP contribution in [0.1, 0.15) is 45.2 Å². The summed E-state index contributed by atoms with van der Waals surface area (Å²) >= 11 is 0. The third kappa shape index (κ3) is 4.06. The Bertz CT molecular complexity index is 422. The predicted octanol–water partition coefficient (Wildman–Crippen LogP) is 3.23. The third-order valence-electron chi connectivity index (χ3n) is 4.92. The van der Waals surface area contributed by atoms with Crippen molar-refractivity contribution < 1.29 is 4.74 Å². The van der Waals surface area contributed by atoms with Crippen LogP contribution in [0.25, 0.3) is 0 Å². The Morgan fingerprint density at radius 3 is 2.71 bits per heavy atom. The van der Waals surface area contributed by atoms with Gasteiger partial charge < -0.3 is 10.1 Å². The summed E-state index contributed by atoms with van der Waals surface area (Å²) in [4.78, 5) is 2.66. The maximum absolute atomic E-state index is 5.28. The van der Waals surface area contributed by atoms with Crippen LogP contribution in [0.15, 0.2) is 30.3 Å². The van der Waals surface area contributed by atoms with Gasteiger partial charge in [-0.2, -0.15) is 0 Å². The zero-order valence-electron chi connectivity index (χ0n) is 13.9. The maximum atomic E-state index is 5.28. The molecule has 3 heteroatoms. The van der Waals surface area contributed by atoms with Gasteiger partial charge in [0.25, 0.3) is 0 Å². The van der Waals surface area contributed by atoms with Crippen LogP contribution in [-0.2, 0) is 4.74 Å². The summed E-state index contributed by atoms with van der Waals surface area (Å²) < 4.78 is 5.28. The van der Waals surface area contributed by atoms with E-state index in [0.717, 1.165) is 32.5 Å². The standard InChI is InChI=1S/C18H30N2O/c1-5-18(3)14-20(15(2)11-12-21-4)17(13-19-18)16-9-7-6-8-10-16/h6-10,15,17,19H,5,11-14H2,1-4H3. The molecule has 0 radical (unpaired) electrons. The van der Waals surface area contributed by atoms with Crippen LogP contribution < -0.4 is 5.32 Å². The average molecular weight is 290 g/mol. The van der Waals surface area contributed by atoms with E-state index in [1.165, 1.54) is 5.56 Å². The second kappa shape index (κ2) is 7.39. The lowest BCUT2D eigenvalue weighted by Crippen LogP contribution is -2.61. The number of methoxy groups -OCH3 is 1. The molecule has 1 aromatic carbocycles. The first-order valence-electron chi connectivity index (χ1n) is 8.14. The Balaban J connectivity index is 2.18. The Labute approximate surface area is 129 Å². The molecule has 1 N–H and O–H groups in total. The van der Waals surface area contributed by atoms with Gasteiger partial charge in [-0.05, 0) is 32.3 Å². The first-order valence-corrected chi connectivity index (χ1v) is 8.14. The highest BCUT2D eigenvalue weighted by atomic mass is 16.5. The van der Waals surface area contributed by atoms with Crippen molar-refractivity contribution in [2.24, 2.45) is 0 Å². The van der Waals surface area contributed by atoms with Gasteiger partial charge in [0, 0.05) is 44.4 Å². The first-order chi connectivity index (χ1) is 10.1. The van der Waals surface area contributed by atoms with Crippen molar-refractivity contribution >= 4 is 0 Å². The van der Waals surface area contributed by atoms with Gasteiger partial charge in [-0.3, -0.25) is 4.90 Å². The molecule has 1 aliphatic rings. The van der Waals surface area contributed by atoms with Gasteiger partial charge in [-0.25, -0.2) is 0 Å². The second-order valence-corrected chi connectivity index (χ2v) is 6.52. The van der Waals surface area contributed by atoms with Crippen molar-refractivity contribution in [3.63, 3.8) is 0 Å². The molecule has 1 aliphatic heterocycles. The lowest BCUT2D eigenvalue weighted by Gasteiger charge is -2.48. The molecule has 3 unspecified atom stereocenters. The Kier molecular flexibility index (Phi) is 5.80. The van der Waals surface area contributed by atoms with E-state index in [1.807, 2.05) is 0 Å². The molecule has 1 saturated heterocycles. The van der Waals surface area contributed by atoms with Gasteiger partial charge in [0.15, 0.2) is 0 Å². The second-order valence-electron chi connectivity index (χ2n) is 6.52. The SMILES string of the molecule is CCC1(C)CN(C(C)CCOC)C(c2ccccc2)CN1. The highest BCUT2D eigenvalue weighted by Crippen LogP contribution is 2.31. The number of hydrogen-bond donors (Lipinski definition) is 1. The van der Waals surface area contributed by atoms with Crippen LogP contribution in [-0.4, -0.2) is 43.3 Å². The molecule has 0 aliphatic carbocycles. The van der Waals surface area contributed by atoms with Crippen LogP contribution in [0.2, 0.25) is 0 Å². The molecule has 3 atom stereocenters. The number of ether oxygens (including phenoxy) is 1. The number of rotatable bonds is 6. The van der Waals surface area contributed by atoms with Crippen molar-refractivity contribution in [1.82, 2.24) is 10.2 Å². The van der Waals surface area contributed by atoms with Crippen molar-refractivity contribution in [3.05, 3.63) is 35.9 Å². The zero-order valence-corrected chi connectivity index (χ0v) is 13.9. The fraction of sp³-hybridized carbons (Fsp3) is 0.667. The summed E-state index contributed by atoms with van der Waals surface area (Å²) in [6, 6.07) is 11.9. The molecular formula is C18H30N2O. The molecule has 1 heterocycles. The van der Waals surface area contributed by atoms with Crippen LogP contribution in [0.4, 0.5) is 0 Å². The van der Waals surface area contributed by atoms with Gasteiger partial charge in [-0.15, -0.1) is 0 Å². The molecule has 3 nitrogen and oxygen atoms in total. The molecule has 21 heavy (non-hydrogen) atoms. The summed E-state index contributed by atoms with van der Waals surface area (Å²) in [6.07, 6.45) is 2.24. The van der Waals surface area contributed by atoms with Crippen LogP contribution in [0.5, 0.6) is 0 Å². The van der Waals surface area contributed by atoms with Crippen molar-refractivity contribution in [2.45, 2.75) is 51.2 Å². The van der Waals surface area contributed by atoms with E-state index in [1.54, 1.807) is 7.11 Å². The molecule has 1 aromatic rings. The summed E-state index contributed by atoms with van der Waals surface area (Å²) in [7, 11) is 1.79. The van der Waals surface area contributed by atoms with Gasteiger partial charge in [0.05, 0.1) is 0 Å². The molecule has 0 spiro atoms. The fourth-order valence-electron chi connectivity index (χ4n) is 3.17. The summed E-state index contributed by atoms with van der Waals surface area (Å²) in [6.45, 7) is 9.88. The predicted molar refractivity (Wildman–Crippen MR) is 88.5 cm³/mol. The highest BCUT2D eigenvalue weighted by Gasteiger charge is 2.37. The van der Waals surface area contributed by atoms with Crippen molar-refractivity contribution in [2.75, 3.05) is 26.8 Å². The number of nitrogens with one attached hydrogen (secondary N) is 1. The van der Waals surface area contributed by atoms with E-state index in [2.05, 4.69) is 61.3 Å². The summed E-state index contributed by atoms with van der Waals surface area (Å²) in [5.74, 6) is 0. The molecule has 118 valence electrons. The minimum absolute atomic E-state index is 0.215.